The lowest BCUT2D eigenvalue weighted by atomic mass is 9.93. The number of carbonyl (C=O) groups excluding carboxylic acids is 4. The van der Waals surface area contributed by atoms with E-state index in [-0.39, 0.29) is 0 Å². The Morgan fingerprint density at radius 1 is 0.230 bits per heavy atom. The predicted octanol–water partition coefficient (Wildman–Crippen LogP) is -21.2. The third-order valence-electron chi connectivity index (χ3n) is 22.4. The third-order valence-corrected chi connectivity index (χ3v) is 22.4. The molecule has 0 bridgehead atoms. The van der Waals surface area contributed by atoms with E-state index < -0.39 is 390 Å². The molecule has 10 aliphatic heterocycles. The smallest absolute Gasteiger partial charge is 0.217 e. The highest BCUT2D eigenvalue weighted by Gasteiger charge is 2.61. The van der Waals surface area contributed by atoms with Gasteiger partial charge in [-0.15, -0.1) is 0 Å². The number of rotatable bonds is 31. The fraction of sp³-hybridized carbons (Fsp3) is 0.941. The van der Waals surface area contributed by atoms with Crippen molar-refractivity contribution in [2.45, 2.75) is 341 Å². The molecule has 0 aromatic carbocycles. The van der Waals surface area contributed by atoms with Gasteiger partial charge in [0.05, 0.1) is 65.6 Å². The Labute approximate surface area is 691 Å². The summed E-state index contributed by atoms with van der Waals surface area (Å²) in [4.78, 5) is 51.0. The van der Waals surface area contributed by atoms with E-state index in [1.165, 1.54) is 6.92 Å². The van der Waals surface area contributed by atoms with Gasteiger partial charge in [-0.2, -0.15) is 0 Å². The summed E-state index contributed by atoms with van der Waals surface area (Å²) < 4.78 is 111. The van der Waals surface area contributed by atoms with E-state index in [1.54, 1.807) is 0 Å². The first-order valence-electron chi connectivity index (χ1n) is 39.0. The number of hydrogen-bond donors (Lipinski definition) is 31. The molecule has 0 saturated carbocycles. The number of ether oxygens (including phenoxy) is 19. The van der Waals surface area contributed by atoms with E-state index in [9.17, 15) is 157 Å². The first kappa shape index (κ1) is 100. The maximum absolute atomic E-state index is 13.2. The zero-order valence-corrected chi connectivity index (χ0v) is 65.7. The molecular formula is C68H114N4O50. The molecule has 0 aromatic rings. The maximum Gasteiger partial charge on any atom is 0.217 e. The van der Waals surface area contributed by atoms with Crippen molar-refractivity contribution >= 4 is 23.6 Å². The van der Waals surface area contributed by atoms with E-state index in [0.29, 0.717) is 0 Å². The van der Waals surface area contributed by atoms with Crippen LogP contribution in [0.4, 0.5) is 0 Å². The lowest BCUT2D eigenvalue weighted by molar-refractivity contribution is -0.392. The number of carbonyl (C=O) groups is 4. The topological polar surface area (TPSA) is 838 Å². The normalized spacial score (nSPS) is 49.7. The van der Waals surface area contributed by atoms with Gasteiger partial charge >= 0.3 is 0 Å². The summed E-state index contributed by atoms with van der Waals surface area (Å²) in [6, 6.07) is -7.38. The van der Waals surface area contributed by atoms with Crippen LogP contribution in [0.15, 0.2) is 0 Å². The van der Waals surface area contributed by atoms with E-state index in [2.05, 4.69) is 21.3 Å². The molecule has 706 valence electrons. The third kappa shape index (κ3) is 22.0. The Bertz CT molecular complexity index is 3280. The van der Waals surface area contributed by atoms with Crippen molar-refractivity contribution in [2.75, 3.05) is 59.5 Å². The summed E-state index contributed by atoms with van der Waals surface area (Å²) in [6.07, 6.45) is -92.8. The minimum atomic E-state index is -2.54. The largest absolute Gasteiger partial charge is 0.394 e. The zero-order chi connectivity index (χ0) is 89.8. The van der Waals surface area contributed by atoms with E-state index in [0.717, 1.165) is 27.7 Å². The first-order valence-corrected chi connectivity index (χ1v) is 39.0. The number of aliphatic hydroxyl groups excluding tert-OH is 27. The Morgan fingerprint density at radius 3 is 0.844 bits per heavy atom. The average Bonchev–Trinajstić information content (AvgIpc) is 0.758. The van der Waals surface area contributed by atoms with Crippen LogP contribution in [0.2, 0.25) is 0 Å². The predicted molar refractivity (Wildman–Crippen MR) is 375 cm³/mol. The molecule has 0 radical (unpaired) electrons. The molecule has 10 heterocycles. The van der Waals surface area contributed by atoms with Crippen LogP contribution in [-0.2, 0) is 109 Å². The van der Waals surface area contributed by atoms with Crippen molar-refractivity contribution in [3.05, 3.63) is 0 Å². The fourth-order valence-corrected chi connectivity index (χ4v) is 15.8. The van der Waals surface area contributed by atoms with Gasteiger partial charge in [0.2, 0.25) is 23.6 Å². The van der Waals surface area contributed by atoms with Crippen LogP contribution < -0.4 is 21.3 Å². The molecule has 1 unspecified atom stereocenters. The summed E-state index contributed by atoms with van der Waals surface area (Å²) >= 11 is 0. The summed E-state index contributed by atoms with van der Waals surface area (Å²) in [7, 11) is 0. The fourth-order valence-electron chi connectivity index (χ4n) is 15.8. The van der Waals surface area contributed by atoms with Gasteiger partial charge in [-0.1, -0.05) is 0 Å². The van der Waals surface area contributed by atoms with Gasteiger partial charge in [-0.05, 0) is 6.92 Å². The minimum absolute atomic E-state index is 0.833. The highest BCUT2D eigenvalue weighted by atomic mass is 16.8. The van der Waals surface area contributed by atoms with E-state index in [4.69, 9.17) is 90.0 Å². The second-order valence-corrected chi connectivity index (χ2v) is 31.0. The minimum Gasteiger partial charge on any atom is -0.394 e. The molecule has 50 atom stereocenters. The van der Waals surface area contributed by atoms with E-state index in [1.807, 2.05) is 0 Å². The maximum atomic E-state index is 13.2. The van der Waals surface area contributed by atoms with Crippen molar-refractivity contribution < 1.29 is 247 Å². The molecule has 0 aromatic heterocycles. The van der Waals surface area contributed by atoms with Crippen LogP contribution in [0.3, 0.4) is 0 Å². The number of amides is 4. The Balaban J connectivity index is 0.909. The number of nitrogens with one attached hydrogen (secondary N) is 4. The second kappa shape index (κ2) is 43.6. The quantitative estimate of drug-likeness (QED) is 0.0306. The monoisotopic (exact) mass is 1790 g/mol. The van der Waals surface area contributed by atoms with Gasteiger partial charge < -0.3 is 249 Å². The van der Waals surface area contributed by atoms with Gasteiger partial charge in [-0.3, -0.25) is 19.2 Å². The summed E-state index contributed by atoms with van der Waals surface area (Å²) in [5.74, 6) is -3.60. The lowest BCUT2D eigenvalue weighted by Gasteiger charge is -2.51. The Kier molecular flexibility index (Phi) is 35.8. The summed E-state index contributed by atoms with van der Waals surface area (Å²) in [5.41, 5.74) is 0. The Morgan fingerprint density at radius 2 is 0.475 bits per heavy atom. The second-order valence-electron chi connectivity index (χ2n) is 31.0. The molecule has 0 aliphatic carbocycles. The van der Waals surface area contributed by atoms with Crippen molar-refractivity contribution in [3.8, 4) is 0 Å². The Hall–Kier alpha value is -3.96. The highest BCUT2D eigenvalue weighted by Crippen LogP contribution is 2.40. The van der Waals surface area contributed by atoms with Crippen molar-refractivity contribution in [2.24, 2.45) is 0 Å². The van der Waals surface area contributed by atoms with Crippen LogP contribution in [-0.4, -0.2) is 528 Å². The standard InChI is InChI=1S/C68H114N4O50/c1-15-33(84)41(92)46(97)63(106-15)105-14-28-57(37(88)29(59(103)107-28)69-16(2)80)118-62-32(72-19(5)83)40(91)54(24(10-77)112-62)121-68-51(102)58(122-67-50(101)45(96)56(26(12-79)114-67)117-61-31(71-18(4)82)39(90)53(23(9-76)111-61)120-66-48(99)43(94)35(86)21(7-74)109-66)36(87)27(115-68)13-104-64-49(100)44(95)55(25(11-78)113-64)116-60-30(70-17(3)81)38(89)52(22(8-75)110-60)119-65-47(98)42(93)34(85)20(6-73)108-65/h15,20-68,73-79,84-103H,6-14H2,1-5H3,(H,69,80)(H,70,81)(H,71,82)(H,72,83)/t15-,20+,21+,22+,23+,24+,25+,26+,27+,28+,29+,30+,31+,32+,33+,34-,35-,36+,37+,38+,39+,40+,41+,42-,43-,44+,45+,46-,47+,48+,49-,50-,51-,52+,53+,54+,55+,56+,57+,58-,59?,60-,61-,62-,63+,64-,65-,66-,67+,68-/m0/s1. The molecule has 0 spiro atoms. The van der Waals surface area contributed by atoms with Crippen LogP contribution in [0, 0.1) is 0 Å². The van der Waals surface area contributed by atoms with Gasteiger partial charge in [0.1, 0.15) is 238 Å². The van der Waals surface area contributed by atoms with Gasteiger partial charge in [-0.25, -0.2) is 0 Å². The number of hydrogen-bond acceptors (Lipinski definition) is 50. The lowest BCUT2D eigenvalue weighted by Crippen LogP contribution is -2.71. The van der Waals surface area contributed by atoms with Crippen LogP contribution in [0.25, 0.3) is 0 Å². The SMILES string of the molecule is CC(=O)N[C@H]1[C@H](O[C@H]2[C@H](O)[C@@H](NC(C)=O)C(O)O[C@@H]2CO[C@@H]2O[C@@H](C)[C@@H](O)[C@@H](O)[C@@H]2O)O[C@H](CO)[C@@H](O[C@@H]2O[C@H](CO[C@H]3O[C@H](CO)[C@@H](O[C@@H]4O[C@H](CO)[C@@H](O[C@@H]5O[C@H](CO)[C@H](O)[C@H](O)[C@H]5O)[C@H](O)[C@H]4NC(C)=O)[C@H](O)[C@@H]3O)[C@@H](O)[C@H](O[C@H]3O[C@H](CO)[C@@H](O[C@@H]4O[C@H](CO)[C@@H](O[C@@H]5O[C@H](CO)[C@H](O)[C@H](O)[C@H]5O)[C@H](O)[C@H]4NC(C)=O)[C@H](O)[C@@H]3O)[C@@H]2O)[C@@H]1O. The molecule has 54 nitrogen and oxygen atoms in total. The van der Waals surface area contributed by atoms with Gasteiger partial charge in [0, 0.05) is 27.7 Å². The first-order chi connectivity index (χ1) is 57.7. The zero-order valence-electron chi connectivity index (χ0n) is 65.7. The van der Waals surface area contributed by atoms with Crippen molar-refractivity contribution in [1.82, 2.24) is 21.3 Å². The molecule has 10 aliphatic rings. The highest BCUT2D eigenvalue weighted by molar-refractivity contribution is 5.74. The van der Waals surface area contributed by atoms with Crippen LogP contribution in [0.5, 0.6) is 0 Å². The molecule has 54 heteroatoms. The molecule has 10 rings (SSSR count). The summed E-state index contributed by atoms with van der Waals surface area (Å²) in [6.45, 7) is -4.43. The van der Waals surface area contributed by atoms with Crippen LogP contribution in [0.1, 0.15) is 34.6 Å². The summed E-state index contributed by atoms with van der Waals surface area (Å²) in [5, 5.41) is 309. The molecule has 122 heavy (non-hydrogen) atoms. The molecule has 4 amide bonds. The van der Waals surface area contributed by atoms with Crippen LogP contribution >= 0.6 is 0 Å². The molecule has 31 N–H and O–H groups in total. The molecule has 10 saturated heterocycles. The van der Waals surface area contributed by atoms with Crippen molar-refractivity contribution in [3.63, 3.8) is 0 Å². The average molecular weight is 1790 g/mol. The van der Waals surface area contributed by atoms with Gasteiger partial charge in [0.25, 0.3) is 0 Å². The van der Waals surface area contributed by atoms with Gasteiger partial charge in [0.15, 0.2) is 62.9 Å². The van der Waals surface area contributed by atoms with Crippen molar-refractivity contribution in [1.29, 1.82) is 0 Å². The molecule has 10 fully saturated rings. The van der Waals surface area contributed by atoms with E-state index >= 15 is 0 Å². The number of aliphatic hydroxyl groups is 27. The molecular weight excluding hydrogens is 1670 g/mol.